The van der Waals surface area contributed by atoms with Crippen LogP contribution in [0.4, 0.5) is 0 Å². The molecule has 1 aromatic rings. The molecular weight excluding hydrogens is 214 g/mol. The molecule has 4 heteroatoms. The van der Waals surface area contributed by atoms with Crippen molar-refractivity contribution in [1.29, 1.82) is 0 Å². The van der Waals surface area contributed by atoms with Crippen LogP contribution >= 0.6 is 0 Å². The number of hydrogen-bond donors (Lipinski definition) is 2. The van der Waals surface area contributed by atoms with Gasteiger partial charge in [0.25, 0.3) is 0 Å². The van der Waals surface area contributed by atoms with Gasteiger partial charge in [-0.1, -0.05) is 13.0 Å². The number of nitrogens with two attached hydrogens (primary N) is 1. The number of ether oxygens (including phenoxy) is 1. The Labute approximate surface area is 103 Å². The summed E-state index contributed by atoms with van der Waals surface area (Å²) in [6.45, 7) is 2.98. The Morgan fingerprint density at radius 2 is 2.47 bits per heavy atom. The van der Waals surface area contributed by atoms with Gasteiger partial charge in [0, 0.05) is 24.9 Å². The van der Waals surface area contributed by atoms with Crippen molar-refractivity contribution < 1.29 is 4.74 Å². The van der Waals surface area contributed by atoms with Crippen molar-refractivity contribution in [3.05, 3.63) is 29.6 Å². The summed E-state index contributed by atoms with van der Waals surface area (Å²) in [6, 6.07) is 4.38. The minimum Gasteiger partial charge on any atom is -0.377 e. The summed E-state index contributed by atoms with van der Waals surface area (Å²) in [4.78, 5) is 4.46. The molecule has 1 aromatic heterocycles. The summed E-state index contributed by atoms with van der Waals surface area (Å²) in [6.07, 6.45) is 6.24. The fraction of sp³-hybridized carbons (Fsp3) is 0.615. The number of hydrogen-bond acceptors (Lipinski definition) is 4. The Bertz CT molecular complexity index is 333. The maximum atomic E-state index is 5.65. The van der Waals surface area contributed by atoms with Crippen LogP contribution in [0, 0.1) is 0 Å². The fourth-order valence-corrected chi connectivity index (χ4v) is 2.23. The first-order valence-corrected chi connectivity index (χ1v) is 6.35. The van der Waals surface area contributed by atoms with Crippen molar-refractivity contribution in [2.75, 3.05) is 6.61 Å². The van der Waals surface area contributed by atoms with Crippen molar-refractivity contribution in [3.63, 3.8) is 0 Å². The van der Waals surface area contributed by atoms with Gasteiger partial charge in [-0.15, -0.1) is 0 Å². The molecular formula is C13H21N3O. The van der Waals surface area contributed by atoms with Crippen LogP contribution in [0.3, 0.4) is 0 Å². The van der Waals surface area contributed by atoms with E-state index in [1.165, 1.54) is 5.56 Å². The number of hydrazine groups is 1. The van der Waals surface area contributed by atoms with Gasteiger partial charge in [0.1, 0.15) is 0 Å². The van der Waals surface area contributed by atoms with Gasteiger partial charge in [0.05, 0.1) is 12.1 Å². The first kappa shape index (κ1) is 12.5. The molecule has 0 amide bonds. The quantitative estimate of drug-likeness (QED) is 0.594. The molecule has 0 radical (unpaired) electrons. The molecule has 0 bridgehead atoms. The normalized spacial score (nSPS) is 21.6. The van der Waals surface area contributed by atoms with Crippen LogP contribution in [0.5, 0.6) is 0 Å². The third kappa shape index (κ3) is 3.25. The van der Waals surface area contributed by atoms with E-state index >= 15 is 0 Å². The molecule has 4 nitrogen and oxygen atoms in total. The maximum absolute atomic E-state index is 5.65. The van der Waals surface area contributed by atoms with Crippen LogP contribution < -0.4 is 11.3 Å². The fourth-order valence-electron chi connectivity index (χ4n) is 2.23. The molecule has 0 saturated carbocycles. The summed E-state index contributed by atoms with van der Waals surface area (Å²) in [5.74, 6) is 5.60. The Balaban J connectivity index is 1.96. The highest BCUT2D eigenvalue weighted by atomic mass is 16.5. The number of aryl methyl sites for hydroxylation is 1. The minimum absolute atomic E-state index is 0.164. The largest absolute Gasteiger partial charge is 0.377 e. The zero-order valence-electron chi connectivity index (χ0n) is 10.4. The molecule has 94 valence electrons. The van der Waals surface area contributed by atoms with E-state index in [0.29, 0.717) is 0 Å². The van der Waals surface area contributed by atoms with Gasteiger partial charge in [0.15, 0.2) is 0 Å². The lowest BCUT2D eigenvalue weighted by molar-refractivity contribution is 0.0781. The van der Waals surface area contributed by atoms with Crippen molar-refractivity contribution in [3.8, 4) is 0 Å². The van der Waals surface area contributed by atoms with Gasteiger partial charge in [-0.3, -0.25) is 16.3 Å². The topological polar surface area (TPSA) is 60.2 Å². The SMILES string of the molecule is CCc1ccc(CC(NN)C2CCCO2)nc1. The van der Waals surface area contributed by atoms with E-state index in [0.717, 1.165) is 38.0 Å². The standard InChI is InChI=1S/C13H21N3O/c1-2-10-5-6-11(15-9-10)8-12(16-14)13-4-3-7-17-13/h5-6,9,12-13,16H,2-4,7-8,14H2,1H3. The molecule has 2 heterocycles. The number of aromatic nitrogens is 1. The van der Waals surface area contributed by atoms with Crippen LogP contribution in [0.25, 0.3) is 0 Å². The van der Waals surface area contributed by atoms with Crippen LogP contribution in [0.1, 0.15) is 31.0 Å². The second kappa shape index (κ2) is 6.10. The Hall–Kier alpha value is -0.970. The predicted octanol–water partition coefficient (Wildman–Crippen LogP) is 1.20. The summed E-state index contributed by atoms with van der Waals surface area (Å²) in [5, 5.41) is 0. The van der Waals surface area contributed by atoms with Crippen molar-refractivity contribution in [2.24, 2.45) is 5.84 Å². The van der Waals surface area contributed by atoms with E-state index in [2.05, 4.69) is 29.5 Å². The van der Waals surface area contributed by atoms with E-state index in [1.54, 1.807) is 0 Å². The highest BCUT2D eigenvalue weighted by molar-refractivity contribution is 5.15. The molecule has 17 heavy (non-hydrogen) atoms. The van der Waals surface area contributed by atoms with Gasteiger partial charge in [-0.2, -0.15) is 0 Å². The highest BCUT2D eigenvalue weighted by Gasteiger charge is 2.25. The van der Waals surface area contributed by atoms with E-state index in [-0.39, 0.29) is 12.1 Å². The second-order valence-electron chi connectivity index (χ2n) is 4.54. The number of pyridine rings is 1. The first-order valence-electron chi connectivity index (χ1n) is 6.35. The molecule has 3 N–H and O–H groups in total. The monoisotopic (exact) mass is 235 g/mol. The Kier molecular flexibility index (Phi) is 4.48. The molecule has 0 aliphatic carbocycles. The van der Waals surface area contributed by atoms with E-state index in [4.69, 9.17) is 10.6 Å². The van der Waals surface area contributed by atoms with Gasteiger partial charge in [-0.25, -0.2) is 0 Å². The molecule has 2 rings (SSSR count). The molecule has 0 aromatic carbocycles. The molecule has 1 saturated heterocycles. The zero-order valence-corrected chi connectivity index (χ0v) is 10.4. The van der Waals surface area contributed by atoms with Crippen molar-refractivity contribution in [1.82, 2.24) is 10.4 Å². The van der Waals surface area contributed by atoms with Gasteiger partial charge in [0.2, 0.25) is 0 Å². The summed E-state index contributed by atoms with van der Waals surface area (Å²) < 4.78 is 5.65. The number of nitrogens with one attached hydrogen (secondary N) is 1. The molecule has 1 fully saturated rings. The third-order valence-corrected chi connectivity index (χ3v) is 3.35. The summed E-state index contributed by atoms with van der Waals surface area (Å²) >= 11 is 0. The van der Waals surface area contributed by atoms with Crippen LogP contribution in [0.15, 0.2) is 18.3 Å². The summed E-state index contributed by atoms with van der Waals surface area (Å²) in [5.41, 5.74) is 5.19. The number of nitrogens with zero attached hydrogens (tertiary/aromatic N) is 1. The van der Waals surface area contributed by atoms with Crippen molar-refractivity contribution in [2.45, 2.75) is 44.8 Å². The molecule has 0 spiro atoms. The lowest BCUT2D eigenvalue weighted by Crippen LogP contribution is -2.45. The molecule has 2 unspecified atom stereocenters. The average Bonchev–Trinajstić information content (AvgIpc) is 2.90. The van der Waals surface area contributed by atoms with Gasteiger partial charge in [-0.05, 0) is 30.9 Å². The van der Waals surface area contributed by atoms with Crippen LogP contribution in [0.2, 0.25) is 0 Å². The van der Waals surface area contributed by atoms with E-state index in [9.17, 15) is 0 Å². The molecule has 2 atom stereocenters. The first-order chi connectivity index (χ1) is 8.33. The predicted molar refractivity (Wildman–Crippen MR) is 67.4 cm³/mol. The van der Waals surface area contributed by atoms with E-state index in [1.807, 2.05) is 6.20 Å². The summed E-state index contributed by atoms with van der Waals surface area (Å²) in [7, 11) is 0. The van der Waals surface area contributed by atoms with Gasteiger partial charge >= 0.3 is 0 Å². The maximum Gasteiger partial charge on any atom is 0.0746 e. The second-order valence-corrected chi connectivity index (χ2v) is 4.54. The lowest BCUT2D eigenvalue weighted by atomic mass is 10.0. The Morgan fingerprint density at radius 3 is 3.00 bits per heavy atom. The van der Waals surface area contributed by atoms with Crippen LogP contribution in [-0.2, 0) is 17.6 Å². The molecule has 1 aliphatic heterocycles. The highest BCUT2D eigenvalue weighted by Crippen LogP contribution is 2.17. The molecule has 1 aliphatic rings. The minimum atomic E-state index is 0.164. The Morgan fingerprint density at radius 1 is 1.59 bits per heavy atom. The number of rotatable bonds is 5. The smallest absolute Gasteiger partial charge is 0.0746 e. The van der Waals surface area contributed by atoms with Crippen molar-refractivity contribution >= 4 is 0 Å². The van der Waals surface area contributed by atoms with Crippen LogP contribution in [-0.4, -0.2) is 23.7 Å². The van der Waals surface area contributed by atoms with Gasteiger partial charge < -0.3 is 4.74 Å². The average molecular weight is 235 g/mol. The zero-order chi connectivity index (χ0) is 12.1. The third-order valence-electron chi connectivity index (χ3n) is 3.35. The van der Waals surface area contributed by atoms with E-state index < -0.39 is 0 Å². The lowest BCUT2D eigenvalue weighted by Gasteiger charge is -2.21.